The van der Waals surface area contributed by atoms with Crippen LogP contribution >= 0.6 is 22.9 Å². The minimum absolute atomic E-state index is 0.114. The normalized spacial score (nSPS) is 14.0. The number of methoxy groups -OCH3 is 1. The second-order valence-corrected chi connectivity index (χ2v) is 8.52. The molecule has 146 valence electrons. The van der Waals surface area contributed by atoms with Crippen molar-refractivity contribution in [3.05, 3.63) is 45.6 Å². The van der Waals surface area contributed by atoms with Crippen molar-refractivity contribution in [2.75, 3.05) is 12.4 Å². The van der Waals surface area contributed by atoms with Gasteiger partial charge in [0.15, 0.2) is 0 Å². The second kappa shape index (κ2) is 7.93. The van der Waals surface area contributed by atoms with Gasteiger partial charge in [-0.25, -0.2) is 0 Å². The molecule has 8 heteroatoms. The van der Waals surface area contributed by atoms with Gasteiger partial charge in [-0.2, -0.15) is 4.98 Å². The Labute approximate surface area is 171 Å². The summed E-state index contributed by atoms with van der Waals surface area (Å²) in [5.41, 5.74) is 1.58. The van der Waals surface area contributed by atoms with Gasteiger partial charge in [0.25, 0.3) is 0 Å². The minimum Gasteiger partial charge on any atom is -0.495 e. The number of carbonyl (C=O) groups excluding carboxylic acids is 1. The average Bonchev–Trinajstić information content (AvgIpc) is 3.21. The Balaban J connectivity index is 1.44. The third-order valence-corrected chi connectivity index (χ3v) is 6.23. The van der Waals surface area contributed by atoms with E-state index in [0.29, 0.717) is 28.4 Å². The number of carbonyl (C=O) groups is 1. The molecular weight excluding hydrogens is 398 g/mol. The lowest BCUT2D eigenvalue weighted by Gasteiger charge is -2.20. The number of halogens is 1. The van der Waals surface area contributed by atoms with Crippen LogP contribution in [-0.4, -0.2) is 23.2 Å². The molecule has 0 saturated heterocycles. The number of hydrogen-bond donors (Lipinski definition) is 1. The quantitative estimate of drug-likeness (QED) is 0.595. The van der Waals surface area contributed by atoms with Gasteiger partial charge in [0.2, 0.25) is 17.6 Å². The maximum absolute atomic E-state index is 12.5. The van der Waals surface area contributed by atoms with E-state index < -0.39 is 0 Å². The zero-order valence-corrected chi connectivity index (χ0v) is 17.2. The molecule has 1 aromatic carbocycles. The number of nitrogens with one attached hydrogen (secondary N) is 1. The maximum atomic E-state index is 12.5. The predicted molar refractivity (Wildman–Crippen MR) is 109 cm³/mol. The first kappa shape index (κ1) is 19.0. The van der Waals surface area contributed by atoms with E-state index in [1.54, 1.807) is 19.2 Å². The van der Waals surface area contributed by atoms with Gasteiger partial charge in [-0.05, 0) is 43.5 Å². The van der Waals surface area contributed by atoms with Crippen LogP contribution in [0, 0.1) is 6.92 Å². The van der Waals surface area contributed by atoms with Crippen LogP contribution in [0.1, 0.15) is 41.5 Å². The fraction of sp³-hybridized carbons (Fsp3) is 0.350. The van der Waals surface area contributed by atoms with E-state index in [2.05, 4.69) is 15.5 Å². The van der Waals surface area contributed by atoms with E-state index >= 15 is 0 Å². The van der Waals surface area contributed by atoms with Gasteiger partial charge in [0.1, 0.15) is 5.75 Å². The Hall–Kier alpha value is -2.38. The van der Waals surface area contributed by atoms with Gasteiger partial charge in [0.05, 0.1) is 29.1 Å². The molecule has 1 saturated carbocycles. The molecule has 2 aromatic heterocycles. The van der Waals surface area contributed by atoms with Gasteiger partial charge in [0, 0.05) is 10.8 Å². The molecule has 6 nitrogen and oxygen atoms in total. The first-order valence-corrected chi connectivity index (χ1v) is 10.3. The maximum Gasteiger partial charge on any atom is 0.230 e. The summed E-state index contributed by atoms with van der Waals surface area (Å²) >= 11 is 7.67. The third kappa shape index (κ3) is 3.91. The van der Waals surface area contributed by atoms with Crippen LogP contribution < -0.4 is 10.1 Å². The van der Waals surface area contributed by atoms with E-state index in [0.717, 1.165) is 33.8 Å². The van der Waals surface area contributed by atoms with Gasteiger partial charge in [-0.3, -0.25) is 4.79 Å². The monoisotopic (exact) mass is 417 g/mol. The number of thiophene rings is 1. The molecule has 1 fully saturated rings. The molecule has 0 unspecified atom stereocenters. The molecule has 0 atom stereocenters. The Kier molecular flexibility index (Phi) is 5.37. The Bertz CT molecular complexity index is 1010. The zero-order chi connectivity index (χ0) is 19.7. The molecule has 3 aromatic rings. The summed E-state index contributed by atoms with van der Waals surface area (Å²) in [7, 11) is 1.56. The number of aryl methyl sites for hydroxylation is 1. The Morgan fingerprint density at radius 2 is 2.21 bits per heavy atom. The highest BCUT2D eigenvalue weighted by Gasteiger charge is 2.26. The molecule has 1 N–H and O–H groups in total. The van der Waals surface area contributed by atoms with Crippen LogP contribution in [0.5, 0.6) is 5.75 Å². The molecule has 0 spiro atoms. The number of hydrogen-bond acceptors (Lipinski definition) is 6. The zero-order valence-electron chi connectivity index (χ0n) is 15.6. The molecular formula is C20H20ClN3O3S. The number of benzene rings is 1. The van der Waals surface area contributed by atoms with Crippen molar-refractivity contribution in [1.29, 1.82) is 0 Å². The number of aromatic nitrogens is 2. The van der Waals surface area contributed by atoms with Crippen LogP contribution in [-0.2, 0) is 11.2 Å². The van der Waals surface area contributed by atoms with E-state index in [1.165, 1.54) is 17.8 Å². The highest BCUT2D eigenvalue weighted by atomic mass is 35.5. The fourth-order valence-corrected chi connectivity index (χ4v) is 4.25. The molecule has 0 radical (unpaired) electrons. The summed E-state index contributed by atoms with van der Waals surface area (Å²) in [6.45, 7) is 1.96. The standard InChI is InChI=1S/C20H20ClN3O3S/c1-11-15(22-18(25)9-12-6-7-16(26-2)14(21)8-12)10-17(28-11)19-23-20(27-24-19)13-4-3-5-13/h6-8,10,13H,3-5,9H2,1-2H3,(H,22,25). The number of amides is 1. The number of anilines is 1. The van der Waals surface area contributed by atoms with E-state index in [1.807, 2.05) is 19.1 Å². The predicted octanol–water partition coefficient (Wildman–Crippen LogP) is 5.22. The summed E-state index contributed by atoms with van der Waals surface area (Å²) in [5, 5.41) is 7.55. The number of rotatable bonds is 6. The van der Waals surface area contributed by atoms with E-state index in [4.69, 9.17) is 20.9 Å². The third-order valence-electron chi connectivity index (χ3n) is 4.89. The summed E-state index contributed by atoms with van der Waals surface area (Å²) in [6.07, 6.45) is 3.67. The highest BCUT2D eigenvalue weighted by molar-refractivity contribution is 7.16. The minimum atomic E-state index is -0.114. The molecule has 1 aliphatic rings. The topological polar surface area (TPSA) is 77.2 Å². The first-order valence-electron chi connectivity index (χ1n) is 9.10. The summed E-state index contributed by atoms with van der Waals surface area (Å²) in [4.78, 5) is 18.9. The molecule has 28 heavy (non-hydrogen) atoms. The van der Waals surface area contributed by atoms with Crippen LogP contribution in [0.4, 0.5) is 5.69 Å². The van der Waals surface area contributed by atoms with Gasteiger partial charge >= 0.3 is 0 Å². The van der Waals surface area contributed by atoms with E-state index in [9.17, 15) is 4.79 Å². The molecule has 0 bridgehead atoms. The molecule has 1 aliphatic carbocycles. The average molecular weight is 418 g/mol. The van der Waals surface area contributed by atoms with Crippen molar-refractivity contribution < 1.29 is 14.1 Å². The fourth-order valence-electron chi connectivity index (χ4n) is 3.07. The highest BCUT2D eigenvalue weighted by Crippen LogP contribution is 2.38. The Morgan fingerprint density at radius 3 is 2.89 bits per heavy atom. The molecule has 2 heterocycles. The summed E-state index contributed by atoms with van der Waals surface area (Å²) in [5.74, 6) is 2.17. The lowest BCUT2D eigenvalue weighted by atomic mass is 9.85. The van der Waals surface area contributed by atoms with Crippen LogP contribution in [0.15, 0.2) is 28.8 Å². The summed E-state index contributed by atoms with van der Waals surface area (Å²) in [6, 6.07) is 7.23. The number of ether oxygens (including phenoxy) is 1. The first-order chi connectivity index (χ1) is 13.5. The van der Waals surface area contributed by atoms with Crippen LogP contribution in [0.3, 0.4) is 0 Å². The van der Waals surface area contributed by atoms with Crippen molar-refractivity contribution in [1.82, 2.24) is 10.1 Å². The number of nitrogens with zero attached hydrogens (tertiary/aromatic N) is 2. The van der Waals surface area contributed by atoms with Gasteiger partial charge < -0.3 is 14.6 Å². The molecule has 0 aliphatic heterocycles. The van der Waals surface area contributed by atoms with Crippen molar-refractivity contribution >= 4 is 34.5 Å². The second-order valence-electron chi connectivity index (χ2n) is 6.86. The van der Waals surface area contributed by atoms with Crippen molar-refractivity contribution in [2.24, 2.45) is 0 Å². The van der Waals surface area contributed by atoms with Gasteiger partial charge in [-0.15, -0.1) is 11.3 Å². The van der Waals surface area contributed by atoms with Crippen molar-refractivity contribution in [3.8, 4) is 16.5 Å². The molecule has 4 rings (SSSR count). The Morgan fingerprint density at radius 1 is 1.39 bits per heavy atom. The largest absolute Gasteiger partial charge is 0.495 e. The van der Waals surface area contributed by atoms with Crippen LogP contribution in [0.2, 0.25) is 5.02 Å². The van der Waals surface area contributed by atoms with Gasteiger partial charge in [-0.1, -0.05) is 29.2 Å². The van der Waals surface area contributed by atoms with Crippen molar-refractivity contribution in [2.45, 2.75) is 38.5 Å². The van der Waals surface area contributed by atoms with Crippen LogP contribution in [0.25, 0.3) is 10.7 Å². The lowest BCUT2D eigenvalue weighted by Crippen LogP contribution is -2.14. The smallest absolute Gasteiger partial charge is 0.230 e. The van der Waals surface area contributed by atoms with E-state index in [-0.39, 0.29) is 12.3 Å². The van der Waals surface area contributed by atoms with Crippen molar-refractivity contribution in [3.63, 3.8) is 0 Å². The lowest BCUT2D eigenvalue weighted by molar-refractivity contribution is -0.115. The molecule has 1 amide bonds. The summed E-state index contributed by atoms with van der Waals surface area (Å²) < 4.78 is 10.5. The SMILES string of the molecule is COc1ccc(CC(=O)Nc2cc(-c3noc(C4CCC4)n3)sc2C)cc1Cl.